The quantitative estimate of drug-likeness (QED) is 0.307. The molecule has 0 saturated heterocycles. The summed E-state index contributed by atoms with van der Waals surface area (Å²) in [4.78, 5) is 42.7. The lowest BCUT2D eigenvalue weighted by atomic mass is 9.99. The van der Waals surface area contributed by atoms with Crippen molar-refractivity contribution in [2.75, 3.05) is 49.8 Å². The van der Waals surface area contributed by atoms with Crippen molar-refractivity contribution in [1.29, 1.82) is 0 Å². The van der Waals surface area contributed by atoms with Crippen molar-refractivity contribution in [3.63, 3.8) is 0 Å². The van der Waals surface area contributed by atoms with Crippen molar-refractivity contribution < 1.29 is 29.0 Å². The molecule has 1 aliphatic heterocycles. The number of carbonyl (C=O) groups excluding carboxylic acids is 3. The minimum Gasteiger partial charge on any atom is -0.497 e. The molecule has 0 aromatic heterocycles. The summed E-state index contributed by atoms with van der Waals surface area (Å²) in [5, 5.41) is 18.3. The van der Waals surface area contributed by atoms with Gasteiger partial charge in [0, 0.05) is 30.9 Å². The highest BCUT2D eigenvalue weighted by molar-refractivity contribution is 6.04. The molecule has 42 heavy (non-hydrogen) atoms. The average molecular weight is 576 g/mol. The maximum Gasteiger partial charge on any atom is 0.323 e. The molecule has 1 aliphatic rings. The Labute approximate surface area is 245 Å². The zero-order valence-corrected chi connectivity index (χ0v) is 24.2. The zero-order valence-electron chi connectivity index (χ0n) is 24.2. The van der Waals surface area contributed by atoms with Crippen LogP contribution in [0.5, 0.6) is 11.5 Å². The van der Waals surface area contributed by atoms with Crippen LogP contribution < -0.4 is 25.4 Å². The van der Waals surface area contributed by atoms with Gasteiger partial charge in [0.2, 0.25) is 0 Å². The Morgan fingerprint density at radius 2 is 1.71 bits per heavy atom. The van der Waals surface area contributed by atoms with Gasteiger partial charge in [-0.3, -0.25) is 4.79 Å². The molecule has 0 spiro atoms. The molecule has 4 rings (SSSR count). The minimum atomic E-state index is -0.552. The van der Waals surface area contributed by atoms with Gasteiger partial charge >= 0.3 is 12.1 Å². The van der Waals surface area contributed by atoms with E-state index < -0.39 is 18.2 Å². The van der Waals surface area contributed by atoms with Crippen molar-refractivity contribution in [3.8, 4) is 11.5 Å². The van der Waals surface area contributed by atoms with Gasteiger partial charge in [-0.2, -0.15) is 0 Å². The smallest absolute Gasteiger partial charge is 0.323 e. The molecule has 222 valence electrons. The Balaban J connectivity index is 1.61. The summed E-state index contributed by atoms with van der Waals surface area (Å²) < 4.78 is 11.6. The van der Waals surface area contributed by atoms with E-state index in [4.69, 9.17) is 9.47 Å². The van der Waals surface area contributed by atoms with Crippen molar-refractivity contribution in [1.82, 2.24) is 9.80 Å². The Kier molecular flexibility index (Phi) is 9.87. The highest BCUT2D eigenvalue weighted by atomic mass is 16.5. The molecule has 0 bridgehead atoms. The fourth-order valence-corrected chi connectivity index (χ4v) is 4.61. The van der Waals surface area contributed by atoms with Gasteiger partial charge in [0.15, 0.2) is 5.75 Å². The van der Waals surface area contributed by atoms with Gasteiger partial charge in [0.05, 0.1) is 37.6 Å². The number of para-hydroxylation sites is 2. The SMILES string of the molecule is COc1ccc(NC(=O)Nc2cccc3c2O[C@@H](CN(C)C(=O)Nc2ccccc2)[C@H](C)CN([C@H](C)CO)C3=O)cc1. The van der Waals surface area contributed by atoms with Gasteiger partial charge in [-0.25, -0.2) is 9.59 Å². The van der Waals surface area contributed by atoms with Crippen LogP contribution in [-0.2, 0) is 0 Å². The summed E-state index contributed by atoms with van der Waals surface area (Å²) >= 11 is 0. The molecule has 4 N–H and O–H groups in total. The van der Waals surface area contributed by atoms with Crippen molar-refractivity contribution >= 4 is 35.0 Å². The molecule has 0 fully saturated rings. The Hall–Kier alpha value is -4.77. The highest BCUT2D eigenvalue weighted by Crippen LogP contribution is 2.35. The first-order valence-corrected chi connectivity index (χ1v) is 13.7. The third-order valence-corrected chi connectivity index (χ3v) is 7.11. The molecule has 0 aliphatic carbocycles. The highest BCUT2D eigenvalue weighted by Gasteiger charge is 2.35. The number of ether oxygens (including phenoxy) is 2. The number of hydrogen-bond acceptors (Lipinski definition) is 6. The molecule has 0 radical (unpaired) electrons. The lowest BCUT2D eigenvalue weighted by molar-refractivity contribution is 0.0373. The number of amides is 5. The topological polar surface area (TPSA) is 132 Å². The predicted molar refractivity (Wildman–Crippen MR) is 161 cm³/mol. The maximum atomic E-state index is 13.7. The van der Waals surface area contributed by atoms with Crippen LogP contribution in [0.15, 0.2) is 72.8 Å². The van der Waals surface area contributed by atoms with Crippen LogP contribution in [0.4, 0.5) is 26.7 Å². The van der Waals surface area contributed by atoms with Gasteiger partial charge in [-0.15, -0.1) is 0 Å². The molecule has 3 aromatic carbocycles. The van der Waals surface area contributed by atoms with Crippen LogP contribution in [0.1, 0.15) is 24.2 Å². The summed E-state index contributed by atoms with van der Waals surface area (Å²) in [5.41, 5.74) is 1.74. The summed E-state index contributed by atoms with van der Waals surface area (Å²) in [6.45, 7) is 3.97. The van der Waals surface area contributed by atoms with E-state index in [1.165, 1.54) is 4.90 Å². The molecular weight excluding hydrogens is 538 g/mol. The lowest BCUT2D eigenvalue weighted by Crippen LogP contribution is -2.50. The summed E-state index contributed by atoms with van der Waals surface area (Å²) in [7, 11) is 3.23. The molecule has 0 saturated carbocycles. The number of methoxy groups -OCH3 is 1. The number of nitrogens with one attached hydrogen (secondary N) is 3. The zero-order chi connectivity index (χ0) is 30.2. The summed E-state index contributed by atoms with van der Waals surface area (Å²) in [5.74, 6) is 0.285. The molecular formula is C31H37N5O6. The molecule has 11 heteroatoms. The van der Waals surface area contributed by atoms with E-state index in [-0.39, 0.29) is 42.3 Å². The predicted octanol–water partition coefficient (Wildman–Crippen LogP) is 4.72. The Morgan fingerprint density at radius 3 is 2.38 bits per heavy atom. The van der Waals surface area contributed by atoms with Gasteiger partial charge in [0.1, 0.15) is 11.9 Å². The number of rotatable bonds is 8. The first kappa shape index (κ1) is 30.2. The molecule has 1 heterocycles. The van der Waals surface area contributed by atoms with E-state index in [1.807, 2.05) is 25.1 Å². The number of aliphatic hydroxyl groups is 1. The van der Waals surface area contributed by atoms with Crippen molar-refractivity contribution in [2.45, 2.75) is 26.0 Å². The van der Waals surface area contributed by atoms with Crippen molar-refractivity contribution in [2.24, 2.45) is 5.92 Å². The second-order valence-electron chi connectivity index (χ2n) is 10.3. The number of anilines is 3. The first-order chi connectivity index (χ1) is 20.2. The van der Waals surface area contributed by atoms with E-state index in [0.717, 1.165) is 0 Å². The van der Waals surface area contributed by atoms with E-state index in [9.17, 15) is 19.5 Å². The van der Waals surface area contributed by atoms with E-state index in [1.54, 1.807) is 80.6 Å². The number of hydrogen-bond donors (Lipinski definition) is 4. The molecule has 3 atom stereocenters. The third kappa shape index (κ3) is 7.29. The van der Waals surface area contributed by atoms with Crippen LogP contribution in [0.3, 0.4) is 0 Å². The second-order valence-corrected chi connectivity index (χ2v) is 10.3. The minimum absolute atomic E-state index is 0.191. The van der Waals surface area contributed by atoms with E-state index in [2.05, 4.69) is 16.0 Å². The Bertz CT molecular complexity index is 1380. The standard InChI is InChI=1S/C31H37N5O6/c1-20-17-36(21(2)19-37)29(38)25-11-8-12-26(34-30(39)32-23-13-15-24(41-4)16-14-23)28(25)42-27(20)18-35(3)31(40)33-22-9-6-5-7-10-22/h5-16,20-21,27,37H,17-19H2,1-4H3,(H,33,40)(H2,32,34,39)/t20-,21-,27+/m1/s1. The van der Waals surface area contributed by atoms with Gasteiger partial charge < -0.3 is 40.3 Å². The largest absolute Gasteiger partial charge is 0.497 e. The Morgan fingerprint density at radius 1 is 1.02 bits per heavy atom. The molecule has 11 nitrogen and oxygen atoms in total. The van der Waals surface area contributed by atoms with Gasteiger partial charge in [0.25, 0.3) is 5.91 Å². The second kappa shape index (κ2) is 13.7. The number of aliphatic hydroxyl groups excluding tert-OH is 1. The number of carbonyl (C=O) groups is 3. The van der Waals surface area contributed by atoms with E-state index >= 15 is 0 Å². The summed E-state index contributed by atoms with van der Waals surface area (Å²) in [6, 6.07) is 19.6. The number of benzene rings is 3. The van der Waals surface area contributed by atoms with Crippen LogP contribution in [0.25, 0.3) is 0 Å². The normalized spacial score (nSPS) is 17.1. The van der Waals surface area contributed by atoms with Crippen molar-refractivity contribution in [3.05, 3.63) is 78.4 Å². The monoisotopic (exact) mass is 575 g/mol. The number of fused-ring (bicyclic) bond motifs is 1. The van der Waals surface area contributed by atoms with Crippen LogP contribution >= 0.6 is 0 Å². The molecule has 5 amide bonds. The van der Waals surface area contributed by atoms with Crippen LogP contribution in [0.2, 0.25) is 0 Å². The molecule has 3 aromatic rings. The average Bonchev–Trinajstić information content (AvgIpc) is 2.99. The lowest BCUT2D eigenvalue weighted by Gasteiger charge is -2.38. The maximum absolute atomic E-state index is 13.7. The van der Waals surface area contributed by atoms with Crippen LogP contribution in [-0.4, -0.2) is 78.9 Å². The number of urea groups is 2. The number of likely N-dealkylation sites (N-methyl/N-ethyl adjacent to an activating group) is 1. The summed E-state index contributed by atoms with van der Waals surface area (Å²) in [6.07, 6.45) is -0.552. The van der Waals surface area contributed by atoms with Gasteiger partial charge in [-0.05, 0) is 55.5 Å². The number of nitrogens with zero attached hydrogens (tertiary/aromatic N) is 2. The van der Waals surface area contributed by atoms with E-state index in [0.29, 0.717) is 29.4 Å². The van der Waals surface area contributed by atoms with Gasteiger partial charge in [-0.1, -0.05) is 31.2 Å². The first-order valence-electron chi connectivity index (χ1n) is 13.7. The van der Waals surface area contributed by atoms with Crippen LogP contribution in [0, 0.1) is 5.92 Å². The molecule has 0 unspecified atom stereocenters. The third-order valence-electron chi connectivity index (χ3n) is 7.11. The fraction of sp³-hybridized carbons (Fsp3) is 0.323. The fourth-order valence-electron chi connectivity index (χ4n) is 4.61.